The van der Waals surface area contributed by atoms with Crippen molar-refractivity contribution in [2.45, 2.75) is 51.6 Å². The van der Waals surface area contributed by atoms with Crippen molar-refractivity contribution in [1.82, 2.24) is 0 Å². The molecule has 1 aliphatic carbocycles. The van der Waals surface area contributed by atoms with Gasteiger partial charge in [0.1, 0.15) is 11.9 Å². The van der Waals surface area contributed by atoms with Crippen LogP contribution in [0.3, 0.4) is 0 Å². The van der Waals surface area contributed by atoms with Crippen LogP contribution in [0.1, 0.15) is 45.4 Å². The molecule has 0 radical (unpaired) electrons. The minimum Gasteiger partial charge on any atom is -0.493 e. The lowest BCUT2D eigenvalue weighted by molar-refractivity contribution is -0.151. The van der Waals surface area contributed by atoms with E-state index in [0.29, 0.717) is 18.2 Å². The van der Waals surface area contributed by atoms with Gasteiger partial charge in [-0.2, -0.15) is 0 Å². The van der Waals surface area contributed by atoms with Gasteiger partial charge >= 0.3 is 5.97 Å². The van der Waals surface area contributed by atoms with Gasteiger partial charge in [0.05, 0.1) is 13.0 Å². The smallest absolute Gasteiger partial charge is 0.309 e. The molecular weight excluding hydrogens is 266 g/mol. The fourth-order valence-electron chi connectivity index (χ4n) is 2.78. The van der Waals surface area contributed by atoms with Gasteiger partial charge in [0.25, 0.3) is 0 Å². The first-order valence-corrected chi connectivity index (χ1v) is 7.85. The van der Waals surface area contributed by atoms with E-state index in [2.05, 4.69) is 6.92 Å². The molecule has 1 aromatic carbocycles. The van der Waals surface area contributed by atoms with E-state index in [4.69, 9.17) is 15.2 Å². The molecule has 116 valence electrons. The number of hydrogen-bond donors (Lipinski definition) is 1. The van der Waals surface area contributed by atoms with Gasteiger partial charge < -0.3 is 15.2 Å². The molecule has 1 aromatic rings. The minimum absolute atomic E-state index is 0.104. The van der Waals surface area contributed by atoms with E-state index in [1.165, 1.54) is 19.3 Å². The summed E-state index contributed by atoms with van der Waals surface area (Å²) in [5.41, 5.74) is 6.30. The van der Waals surface area contributed by atoms with Gasteiger partial charge in [0.2, 0.25) is 0 Å². The first-order chi connectivity index (χ1) is 10.2. The van der Waals surface area contributed by atoms with Crippen molar-refractivity contribution in [1.29, 1.82) is 0 Å². The fraction of sp³-hybridized carbons (Fsp3) is 0.588. The van der Waals surface area contributed by atoms with Crippen molar-refractivity contribution < 1.29 is 14.3 Å². The third-order valence-corrected chi connectivity index (χ3v) is 4.07. The average molecular weight is 291 g/mol. The van der Waals surface area contributed by atoms with Crippen molar-refractivity contribution in [3.8, 4) is 5.75 Å². The van der Waals surface area contributed by atoms with Crippen molar-refractivity contribution in [2.24, 2.45) is 5.92 Å². The molecular formula is C17H25NO3. The zero-order chi connectivity index (χ0) is 15.1. The summed E-state index contributed by atoms with van der Waals surface area (Å²) in [6, 6.07) is 7.16. The van der Waals surface area contributed by atoms with E-state index in [1.807, 2.05) is 0 Å². The van der Waals surface area contributed by atoms with Crippen molar-refractivity contribution >= 4 is 11.7 Å². The maximum absolute atomic E-state index is 11.8. The second-order valence-electron chi connectivity index (χ2n) is 5.72. The number of carbonyl (C=O) groups is 1. The zero-order valence-corrected chi connectivity index (χ0v) is 12.7. The van der Waals surface area contributed by atoms with E-state index in [9.17, 15) is 4.79 Å². The molecule has 4 heteroatoms. The molecule has 0 spiro atoms. The van der Waals surface area contributed by atoms with Gasteiger partial charge in [0, 0.05) is 5.69 Å². The van der Waals surface area contributed by atoms with Crippen LogP contribution >= 0.6 is 0 Å². The Hall–Kier alpha value is -1.71. The molecule has 0 heterocycles. The van der Waals surface area contributed by atoms with Gasteiger partial charge in [0.15, 0.2) is 0 Å². The molecule has 0 aromatic heterocycles. The Morgan fingerprint density at radius 3 is 2.76 bits per heavy atom. The Morgan fingerprint density at radius 1 is 1.29 bits per heavy atom. The molecule has 2 rings (SSSR count). The third kappa shape index (κ3) is 5.29. The van der Waals surface area contributed by atoms with Crippen LogP contribution in [0.5, 0.6) is 5.75 Å². The average Bonchev–Trinajstić information content (AvgIpc) is 2.49. The van der Waals surface area contributed by atoms with Gasteiger partial charge in [-0.15, -0.1) is 0 Å². The molecule has 4 nitrogen and oxygen atoms in total. The van der Waals surface area contributed by atoms with E-state index in [-0.39, 0.29) is 18.5 Å². The molecule has 21 heavy (non-hydrogen) atoms. The normalized spacial score (nSPS) is 21.8. The maximum atomic E-state index is 11.8. The Kier molecular flexibility index (Phi) is 5.90. The number of hydrogen-bond acceptors (Lipinski definition) is 4. The highest BCUT2D eigenvalue weighted by Crippen LogP contribution is 2.28. The minimum atomic E-state index is -0.160. The summed E-state index contributed by atoms with van der Waals surface area (Å²) >= 11 is 0. The fourth-order valence-corrected chi connectivity index (χ4v) is 2.78. The number of esters is 1. The molecule has 2 unspecified atom stereocenters. The molecule has 0 aliphatic heterocycles. The summed E-state index contributed by atoms with van der Waals surface area (Å²) in [4.78, 5) is 11.8. The van der Waals surface area contributed by atoms with Gasteiger partial charge in [-0.3, -0.25) is 4.79 Å². The standard InChI is InChI=1S/C17H25NO3/c1-2-13-4-3-5-16(12-13)21-17(19)10-11-20-15-8-6-14(18)7-9-15/h6-9,13,16H,2-5,10-12,18H2,1H3. The summed E-state index contributed by atoms with van der Waals surface area (Å²) in [6.45, 7) is 2.54. The molecule has 0 bridgehead atoms. The molecule has 2 N–H and O–H groups in total. The lowest BCUT2D eigenvalue weighted by atomic mass is 9.85. The number of ether oxygens (including phenoxy) is 2. The topological polar surface area (TPSA) is 61.5 Å². The highest BCUT2D eigenvalue weighted by molar-refractivity contribution is 5.69. The molecule has 1 saturated carbocycles. The van der Waals surface area contributed by atoms with Crippen molar-refractivity contribution in [3.63, 3.8) is 0 Å². The van der Waals surface area contributed by atoms with Crippen LogP contribution in [0, 0.1) is 5.92 Å². The second kappa shape index (κ2) is 7.91. The predicted molar refractivity (Wildman–Crippen MR) is 83.1 cm³/mol. The first kappa shape index (κ1) is 15.7. The van der Waals surface area contributed by atoms with E-state index >= 15 is 0 Å². The monoisotopic (exact) mass is 291 g/mol. The van der Waals surface area contributed by atoms with E-state index < -0.39 is 0 Å². The van der Waals surface area contributed by atoms with Crippen LogP contribution in [-0.2, 0) is 9.53 Å². The summed E-state index contributed by atoms with van der Waals surface area (Å²) in [5, 5.41) is 0. The molecule has 0 amide bonds. The summed E-state index contributed by atoms with van der Waals surface area (Å²) < 4.78 is 11.0. The van der Waals surface area contributed by atoms with E-state index in [1.54, 1.807) is 24.3 Å². The summed E-state index contributed by atoms with van der Waals surface area (Å²) in [5.74, 6) is 1.27. The number of anilines is 1. The van der Waals surface area contributed by atoms with Crippen molar-refractivity contribution in [3.05, 3.63) is 24.3 Å². The lowest BCUT2D eigenvalue weighted by Gasteiger charge is -2.28. The highest BCUT2D eigenvalue weighted by Gasteiger charge is 2.23. The number of carbonyl (C=O) groups excluding carboxylic acids is 1. The lowest BCUT2D eigenvalue weighted by Crippen LogP contribution is -2.26. The van der Waals surface area contributed by atoms with Crippen LogP contribution in [0.25, 0.3) is 0 Å². The predicted octanol–water partition coefficient (Wildman–Crippen LogP) is 3.55. The highest BCUT2D eigenvalue weighted by atomic mass is 16.5. The van der Waals surface area contributed by atoms with Gasteiger partial charge in [-0.1, -0.05) is 19.8 Å². The Morgan fingerprint density at radius 2 is 2.05 bits per heavy atom. The Balaban J connectivity index is 1.66. The number of benzene rings is 1. The van der Waals surface area contributed by atoms with Gasteiger partial charge in [-0.05, 0) is 49.4 Å². The Labute approximate surface area is 126 Å². The number of rotatable bonds is 6. The first-order valence-electron chi connectivity index (χ1n) is 7.85. The van der Waals surface area contributed by atoms with Crippen LogP contribution in [0.15, 0.2) is 24.3 Å². The quantitative estimate of drug-likeness (QED) is 0.643. The molecule has 2 atom stereocenters. The summed E-state index contributed by atoms with van der Waals surface area (Å²) in [6.07, 6.45) is 6.02. The number of nitrogen functional groups attached to an aromatic ring is 1. The zero-order valence-electron chi connectivity index (χ0n) is 12.7. The largest absolute Gasteiger partial charge is 0.493 e. The van der Waals surface area contributed by atoms with Crippen LogP contribution in [0.4, 0.5) is 5.69 Å². The van der Waals surface area contributed by atoms with Crippen LogP contribution < -0.4 is 10.5 Å². The second-order valence-corrected chi connectivity index (χ2v) is 5.72. The molecule has 1 fully saturated rings. The van der Waals surface area contributed by atoms with E-state index in [0.717, 1.165) is 18.6 Å². The van der Waals surface area contributed by atoms with Crippen molar-refractivity contribution in [2.75, 3.05) is 12.3 Å². The SMILES string of the molecule is CCC1CCCC(OC(=O)CCOc2ccc(N)cc2)C1. The third-order valence-electron chi connectivity index (χ3n) is 4.07. The number of nitrogens with two attached hydrogens (primary N) is 1. The molecule has 0 saturated heterocycles. The Bertz CT molecular complexity index is 444. The van der Waals surface area contributed by atoms with Crippen LogP contribution in [-0.4, -0.2) is 18.7 Å². The summed E-state index contributed by atoms with van der Waals surface area (Å²) in [7, 11) is 0. The van der Waals surface area contributed by atoms with Gasteiger partial charge in [-0.25, -0.2) is 0 Å². The molecule has 1 aliphatic rings. The maximum Gasteiger partial charge on any atom is 0.309 e. The van der Waals surface area contributed by atoms with Crippen LogP contribution in [0.2, 0.25) is 0 Å².